The average Bonchev–Trinajstić information content (AvgIpc) is 2.05. The Morgan fingerprint density at radius 3 is 2.92 bits per heavy atom. The molecule has 2 N–H and O–H groups in total. The zero-order chi connectivity index (χ0) is 9.14. The van der Waals surface area contributed by atoms with Crippen LogP contribution in [0.2, 0.25) is 0 Å². The predicted molar refractivity (Wildman–Crippen MR) is 37.1 cm³/mol. The third kappa shape index (κ3) is 1.47. The number of carbonyl (C=O) groups is 1. The average molecular weight is 171 g/mol. The summed E-state index contributed by atoms with van der Waals surface area (Å²) < 4.78 is 17.1. The second-order valence-electron chi connectivity index (χ2n) is 1.92. The summed E-state index contributed by atoms with van der Waals surface area (Å²) in [4.78, 5) is 17.3. The Kier molecular flexibility index (Phi) is 2.18. The van der Waals surface area contributed by atoms with Crippen LogP contribution < -0.4 is 10.5 Å². The van der Waals surface area contributed by atoms with Crippen LogP contribution in [0.3, 0.4) is 0 Å². The van der Waals surface area contributed by atoms with Crippen molar-refractivity contribution < 1.29 is 13.9 Å². The third-order valence-electron chi connectivity index (χ3n) is 1.13. The van der Waals surface area contributed by atoms with Gasteiger partial charge in [-0.25, -0.2) is 4.98 Å². The maximum Gasteiger partial charge on any atom is 0.286 e. The van der Waals surface area contributed by atoms with Gasteiger partial charge in [-0.3, -0.25) is 4.79 Å². The molecule has 1 aromatic heterocycles. The first-order valence-electron chi connectivity index (χ1n) is 3.01. The number of hydrogen-bond acceptors (Lipinski definition) is 4. The SMILES string of the molecule is COc1nc(C(N)=O)ncc1F. The molecule has 0 aromatic carbocycles. The maximum absolute atomic E-state index is 12.6. The van der Waals surface area contributed by atoms with Gasteiger partial charge in [0.15, 0.2) is 0 Å². The lowest BCUT2D eigenvalue weighted by molar-refractivity contribution is 0.0989. The number of ether oxygens (including phenoxy) is 1. The van der Waals surface area contributed by atoms with Gasteiger partial charge in [-0.15, -0.1) is 0 Å². The number of primary amides is 1. The summed E-state index contributed by atoms with van der Waals surface area (Å²) in [5.41, 5.74) is 4.85. The van der Waals surface area contributed by atoms with Gasteiger partial charge in [-0.2, -0.15) is 9.37 Å². The molecule has 0 bridgehead atoms. The number of nitrogens with zero attached hydrogens (tertiary/aromatic N) is 2. The van der Waals surface area contributed by atoms with Crippen molar-refractivity contribution >= 4 is 5.91 Å². The largest absolute Gasteiger partial charge is 0.479 e. The molecule has 1 amide bonds. The Hall–Kier alpha value is -1.72. The van der Waals surface area contributed by atoms with Gasteiger partial charge in [0.05, 0.1) is 13.3 Å². The molecular formula is C6H6FN3O2. The number of hydrogen-bond donors (Lipinski definition) is 1. The Morgan fingerprint density at radius 1 is 1.75 bits per heavy atom. The van der Waals surface area contributed by atoms with Crippen molar-refractivity contribution in [3.8, 4) is 5.88 Å². The summed E-state index contributed by atoms with van der Waals surface area (Å²) in [6.07, 6.45) is 0.825. The van der Waals surface area contributed by atoms with E-state index in [1.807, 2.05) is 0 Å². The number of halogens is 1. The molecule has 0 saturated heterocycles. The predicted octanol–water partition coefficient (Wildman–Crippen LogP) is -0.277. The van der Waals surface area contributed by atoms with E-state index in [-0.39, 0.29) is 11.7 Å². The Bertz CT molecular complexity index is 316. The van der Waals surface area contributed by atoms with Crippen LogP contribution in [0.25, 0.3) is 0 Å². The number of carbonyl (C=O) groups excluding carboxylic acids is 1. The van der Waals surface area contributed by atoms with Gasteiger partial charge >= 0.3 is 0 Å². The van der Waals surface area contributed by atoms with Crippen molar-refractivity contribution in [1.82, 2.24) is 9.97 Å². The molecule has 1 rings (SSSR count). The van der Waals surface area contributed by atoms with Crippen molar-refractivity contribution in [2.75, 3.05) is 7.11 Å². The number of rotatable bonds is 2. The fraction of sp³-hybridized carbons (Fsp3) is 0.167. The smallest absolute Gasteiger partial charge is 0.286 e. The van der Waals surface area contributed by atoms with Crippen LogP contribution in [0.1, 0.15) is 10.6 Å². The Morgan fingerprint density at radius 2 is 2.42 bits per heavy atom. The molecule has 0 atom stereocenters. The summed E-state index contributed by atoms with van der Waals surface area (Å²) >= 11 is 0. The van der Waals surface area contributed by atoms with Gasteiger partial charge in [0.25, 0.3) is 11.8 Å². The summed E-state index contributed by atoms with van der Waals surface area (Å²) in [7, 11) is 1.23. The molecule has 1 heterocycles. The van der Waals surface area contributed by atoms with Gasteiger partial charge in [-0.05, 0) is 0 Å². The van der Waals surface area contributed by atoms with Crippen LogP contribution in [-0.4, -0.2) is 23.0 Å². The molecule has 0 unspecified atom stereocenters. The molecule has 12 heavy (non-hydrogen) atoms. The van der Waals surface area contributed by atoms with Crippen LogP contribution >= 0.6 is 0 Å². The molecule has 0 aliphatic heterocycles. The lowest BCUT2D eigenvalue weighted by Crippen LogP contribution is -2.15. The van der Waals surface area contributed by atoms with Crippen molar-refractivity contribution in [3.63, 3.8) is 0 Å². The van der Waals surface area contributed by atoms with Crippen LogP contribution in [0.15, 0.2) is 6.20 Å². The van der Waals surface area contributed by atoms with Crippen molar-refractivity contribution in [1.29, 1.82) is 0 Å². The molecule has 0 aliphatic rings. The van der Waals surface area contributed by atoms with E-state index in [0.29, 0.717) is 0 Å². The van der Waals surface area contributed by atoms with Crippen LogP contribution in [0.4, 0.5) is 4.39 Å². The summed E-state index contributed by atoms with van der Waals surface area (Å²) in [5.74, 6) is -2.12. The molecule has 0 fully saturated rings. The van der Waals surface area contributed by atoms with Gasteiger partial charge in [0, 0.05) is 0 Å². The molecule has 5 nitrogen and oxygen atoms in total. The third-order valence-corrected chi connectivity index (χ3v) is 1.13. The second kappa shape index (κ2) is 3.12. The minimum Gasteiger partial charge on any atom is -0.479 e. The van der Waals surface area contributed by atoms with Crippen LogP contribution in [-0.2, 0) is 0 Å². The zero-order valence-electron chi connectivity index (χ0n) is 6.24. The molecule has 64 valence electrons. The number of amides is 1. The Labute approximate surface area is 67.4 Å². The summed E-state index contributed by atoms with van der Waals surface area (Å²) in [6, 6.07) is 0. The van der Waals surface area contributed by atoms with E-state index in [9.17, 15) is 9.18 Å². The van der Waals surface area contributed by atoms with E-state index in [1.54, 1.807) is 0 Å². The molecule has 0 saturated carbocycles. The standard InChI is InChI=1S/C6H6FN3O2/c1-12-6-3(7)2-9-5(10-6)4(8)11/h2H,1H3,(H2,8,11). The quantitative estimate of drug-likeness (QED) is 0.663. The number of nitrogens with two attached hydrogens (primary N) is 1. The first-order valence-corrected chi connectivity index (χ1v) is 3.01. The van der Waals surface area contributed by atoms with Gasteiger partial charge < -0.3 is 10.5 Å². The molecule has 0 radical (unpaired) electrons. The normalized spacial score (nSPS) is 9.50. The zero-order valence-corrected chi connectivity index (χ0v) is 6.24. The number of aromatic nitrogens is 2. The van der Waals surface area contributed by atoms with Gasteiger partial charge in [0.2, 0.25) is 11.6 Å². The van der Waals surface area contributed by atoms with E-state index in [0.717, 1.165) is 6.20 Å². The minimum atomic E-state index is -0.826. The highest BCUT2D eigenvalue weighted by Gasteiger charge is 2.09. The molecule has 0 spiro atoms. The monoisotopic (exact) mass is 171 g/mol. The van der Waals surface area contributed by atoms with Gasteiger partial charge in [0.1, 0.15) is 0 Å². The summed E-state index contributed by atoms with van der Waals surface area (Å²) in [5, 5.41) is 0. The van der Waals surface area contributed by atoms with E-state index in [4.69, 9.17) is 5.73 Å². The van der Waals surface area contributed by atoms with Crippen LogP contribution in [0, 0.1) is 5.82 Å². The van der Waals surface area contributed by atoms with Crippen molar-refractivity contribution in [2.24, 2.45) is 5.73 Å². The van der Waals surface area contributed by atoms with Crippen molar-refractivity contribution in [3.05, 3.63) is 17.8 Å². The van der Waals surface area contributed by atoms with E-state index < -0.39 is 11.7 Å². The van der Waals surface area contributed by atoms with E-state index in [1.165, 1.54) is 7.11 Å². The van der Waals surface area contributed by atoms with Crippen molar-refractivity contribution in [2.45, 2.75) is 0 Å². The molecular weight excluding hydrogens is 165 g/mol. The molecule has 6 heteroatoms. The fourth-order valence-corrected chi connectivity index (χ4v) is 0.613. The van der Waals surface area contributed by atoms with Gasteiger partial charge in [-0.1, -0.05) is 0 Å². The maximum atomic E-state index is 12.6. The molecule has 0 aliphatic carbocycles. The fourth-order valence-electron chi connectivity index (χ4n) is 0.613. The topological polar surface area (TPSA) is 78.1 Å². The highest BCUT2D eigenvalue weighted by atomic mass is 19.1. The van der Waals surface area contributed by atoms with E-state index >= 15 is 0 Å². The lowest BCUT2D eigenvalue weighted by Gasteiger charge is -1.99. The van der Waals surface area contributed by atoms with E-state index in [2.05, 4.69) is 14.7 Å². The first-order chi connectivity index (χ1) is 5.65. The highest BCUT2D eigenvalue weighted by Crippen LogP contribution is 2.10. The minimum absolute atomic E-state index is 0.270. The second-order valence-corrected chi connectivity index (χ2v) is 1.92. The Balaban J connectivity index is 3.13. The number of methoxy groups -OCH3 is 1. The summed E-state index contributed by atoms with van der Waals surface area (Å²) in [6.45, 7) is 0. The van der Waals surface area contributed by atoms with Crippen LogP contribution in [0.5, 0.6) is 5.88 Å². The molecule has 1 aromatic rings. The highest BCUT2D eigenvalue weighted by molar-refractivity contribution is 5.88. The first kappa shape index (κ1) is 8.38. The lowest BCUT2D eigenvalue weighted by atomic mass is 10.5.